The Balaban J connectivity index is 2.19. The van der Waals surface area contributed by atoms with Gasteiger partial charge < -0.3 is 9.88 Å². The van der Waals surface area contributed by atoms with Gasteiger partial charge in [-0.15, -0.1) is 0 Å². The topological polar surface area (TPSA) is 68.9 Å². The van der Waals surface area contributed by atoms with Gasteiger partial charge in [0.1, 0.15) is 12.1 Å². The van der Waals surface area contributed by atoms with Gasteiger partial charge in [0.2, 0.25) is 5.91 Å². The summed E-state index contributed by atoms with van der Waals surface area (Å²) in [4.78, 5) is 24.8. The van der Waals surface area contributed by atoms with Crippen molar-refractivity contribution >= 4 is 27.7 Å². The monoisotopic (exact) mass is 312 g/mol. The number of hydrogen-bond acceptors (Lipinski definition) is 3. The van der Waals surface area contributed by atoms with Crippen LogP contribution in [0.1, 0.15) is 20.3 Å². The lowest BCUT2D eigenvalue weighted by molar-refractivity contribution is -0.122. The lowest BCUT2D eigenvalue weighted by atomic mass is 10.2. The molecule has 0 aliphatic carbocycles. The summed E-state index contributed by atoms with van der Waals surface area (Å²) in [5.74, 6) is -0.0964. The number of nitrogens with zero attached hydrogens (tertiary/aromatic N) is 3. The van der Waals surface area contributed by atoms with Crippen molar-refractivity contribution in [3.63, 3.8) is 0 Å². The minimum Gasteiger partial charge on any atom is -0.352 e. The molecule has 0 saturated carbocycles. The molecule has 0 fully saturated rings. The molecule has 0 saturated heterocycles. The number of para-hydroxylation sites is 1. The Bertz CT molecular complexity index is 939. The van der Waals surface area contributed by atoms with E-state index in [1.807, 2.05) is 38.1 Å². The Hall–Kier alpha value is -2.63. The van der Waals surface area contributed by atoms with Gasteiger partial charge in [-0.1, -0.05) is 25.1 Å². The molecule has 2 aromatic heterocycles. The third kappa shape index (κ3) is 2.60. The fraction of sp³-hybridized carbons (Fsp3) is 0.353. The van der Waals surface area contributed by atoms with E-state index in [-0.39, 0.29) is 24.1 Å². The van der Waals surface area contributed by atoms with E-state index in [1.54, 1.807) is 17.8 Å². The largest absolute Gasteiger partial charge is 0.352 e. The van der Waals surface area contributed by atoms with Crippen molar-refractivity contribution in [2.24, 2.45) is 7.05 Å². The number of amides is 1. The van der Waals surface area contributed by atoms with Crippen LogP contribution in [0.4, 0.5) is 0 Å². The number of aryl methyl sites for hydroxylation is 1. The number of aromatic nitrogens is 3. The molecule has 1 amide bonds. The Morgan fingerprint density at radius 3 is 2.78 bits per heavy atom. The average molecular weight is 312 g/mol. The predicted molar refractivity (Wildman–Crippen MR) is 90.4 cm³/mol. The van der Waals surface area contributed by atoms with E-state index in [0.29, 0.717) is 5.52 Å². The predicted octanol–water partition coefficient (Wildman–Crippen LogP) is 1.80. The molecule has 0 aliphatic heterocycles. The standard InChI is InChI=1S/C17H20N4O2/c1-4-11(2)19-15(22)10-21-14-8-6-5-7-12(14)13-9-18-20(3)17(23)16(13)21/h5-9,11H,4,10H2,1-3H3,(H,19,22). The SMILES string of the molecule is CCC(C)NC(=O)Cn1c2ccccc2c2cnn(C)c(=O)c21. The quantitative estimate of drug-likeness (QED) is 0.799. The second-order valence-electron chi connectivity index (χ2n) is 5.82. The lowest BCUT2D eigenvalue weighted by Crippen LogP contribution is -2.35. The highest BCUT2D eigenvalue weighted by Gasteiger charge is 2.17. The first-order valence-corrected chi connectivity index (χ1v) is 7.75. The van der Waals surface area contributed by atoms with E-state index in [2.05, 4.69) is 10.4 Å². The van der Waals surface area contributed by atoms with Gasteiger partial charge in [0.15, 0.2) is 0 Å². The van der Waals surface area contributed by atoms with Crippen LogP contribution in [0.3, 0.4) is 0 Å². The molecule has 1 aromatic carbocycles. The smallest absolute Gasteiger partial charge is 0.291 e. The summed E-state index contributed by atoms with van der Waals surface area (Å²) in [6.07, 6.45) is 2.55. The molecule has 6 nitrogen and oxygen atoms in total. The van der Waals surface area contributed by atoms with Crippen LogP contribution in [-0.2, 0) is 18.4 Å². The maximum atomic E-state index is 12.5. The van der Waals surface area contributed by atoms with Crippen LogP contribution < -0.4 is 10.9 Å². The van der Waals surface area contributed by atoms with E-state index in [9.17, 15) is 9.59 Å². The summed E-state index contributed by atoms with van der Waals surface area (Å²) in [6, 6.07) is 7.80. The van der Waals surface area contributed by atoms with Crippen LogP contribution >= 0.6 is 0 Å². The molecule has 3 aromatic rings. The first-order valence-electron chi connectivity index (χ1n) is 7.75. The van der Waals surface area contributed by atoms with Crippen LogP contribution in [0.2, 0.25) is 0 Å². The Morgan fingerprint density at radius 2 is 2.04 bits per heavy atom. The fourth-order valence-electron chi connectivity index (χ4n) is 2.77. The number of carbonyl (C=O) groups is 1. The molecule has 2 heterocycles. The van der Waals surface area contributed by atoms with Crippen LogP contribution in [0.15, 0.2) is 35.3 Å². The van der Waals surface area contributed by atoms with Crippen LogP contribution in [0, 0.1) is 0 Å². The summed E-state index contributed by atoms with van der Waals surface area (Å²) >= 11 is 0. The molecule has 1 N–H and O–H groups in total. The first-order chi connectivity index (χ1) is 11.0. The van der Waals surface area contributed by atoms with Gasteiger partial charge in [0.25, 0.3) is 5.56 Å². The number of rotatable bonds is 4. The van der Waals surface area contributed by atoms with Gasteiger partial charge >= 0.3 is 0 Å². The van der Waals surface area contributed by atoms with Crippen LogP contribution in [0.5, 0.6) is 0 Å². The van der Waals surface area contributed by atoms with Gasteiger partial charge in [-0.3, -0.25) is 9.59 Å². The van der Waals surface area contributed by atoms with Gasteiger partial charge in [-0.05, 0) is 19.4 Å². The summed E-state index contributed by atoms with van der Waals surface area (Å²) in [5.41, 5.74) is 1.19. The molecule has 0 radical (unpaired) electrons. The Morgan fingerprint density at radius 1 is 1.30 bits per heavy atom. The van der Waals surface area contributed by atoms with E-state index in [1.165, 1.54) is 4.68 Å². The number of fused-ring (bicyclic) bond motifs is 3. The van der Waals surface area contributed by atoms with E-state index >= 15 is 0 Å². The molecule has 120 valence electrons. The van der Waals surface area contributed by atoms with Crippen molar-refractivity contribution in [1.29, 1.82) is 0 Å². The van der Waals surface area contributed by atoms with Gasteiger partial charge in [0.05, 0.1) is 6.20 Å². The van der Waals surface area contributed by atoms with Gasteiger partial charge in [0, 0.05) is 29.4 Å². The highest BCUT2D eigenvalue weighted by Crippen LogP contribution is 2.25. The average Bonchev–Trinajstić information content (AvgIpc) is 2.85. The Labute approximate surface area is 133 Å². The number of carbonyl (C=O) groups excluding carboxylic acids is 1. The maximum Gasteiger partial charge on any atom is 0.291 e. The third-order valence-electron chi connectivity index (χ3n) is 4.19. The minimum absolute atomic E-state index is 0.0964. The van der Waals surface area contributed by atoms with Gasteiger partial charge in [-0.25, -0.2) is 4.68 Å². The third-order valence-corrected chi connectivity index (χ3v) is 4.19. The Kier molecular flexibility index (Phi) is 3.90. The fourth-order valence-corrected chi connectivity index (χ4v) is 2.77. The maximum absolute atomic E-state index is 12.5. The molecule has 0 aliphatic rings. The normalized spacial score (nSPS) is 12.7. The van der Waals surface area contributed by atoms with Crippen molar-refractivity contribution in [1.82, 2.24) is 19.7 Å². The second-order valence-corrected chi connectivity index (χ2v) is 5.82. The molecule has 1 atom stereocenters. The summed E-state index contributed by atoms with van der Waals surface area (Å²) in [6.45, 7) is 4.10. The number of nitrogens with one attached hydrogen (secondary N) is 1. The number of hydrogen-bond donors (Lipinski definition) is 1. The molecular formula is C17H20N4O2. The molecule has 6 heteroatoms. The molecule has 1 unspecified atom stereocenters. The zero-order valence-corrected chi connectivity index (χ0v) is 13.5. The van der Waals surface area contributed by atoms with E-state index < -0.39 is 0 Å². The first kappa shape index (κ1) is 15.3. The van der Waals surface area contributed by atoms with Crippen molar-refractivity contribution in [2.75, 3.05) is 0 Å². The molecule has 3 rings (SSSR count). The molecule has 0 bridgehead atoms. The highest BCUT2D eigenvalue weighted by molar-refractivity contribution is 6.07. The minimum atomic E-state index is -0.199. The summed E-state index contributed by atoms with van der Waals surface area (Å²) in [5, 5.41) is 8.76. The van der Waals surface area contributed by atoms with Crippen molar-refractivity contribution in [3.05, 3.63) is 40.8 Å². The molecule has 23 heavy (non-hydrogen) atoms. The zero-order valence-electron chi connectivity index (χ0n) is 13.5. The number of benzene rings is 1. The molecular weight excluding hydrogens is 292 g/mol. The van der Waals surface area contributed by atoms with Crippen molar-refractivity contribution in [2.45, 2.75) is 32.9 Å². The van der Waals surface area contributed by atoms with Crippen molar-refractivity contribution < 1.29 is 4.79 Å². The summed E-state index contributed by atoms with van der Waals surface area (Å²) in [7, 11) is 1.61. The van der Waals surface area contributed by atoms with E-state index in [0.717, 1.165) is 22.7 Å². The lowest BCUT2D eigenvalue weighted by Gasteiger charge is -2.13. The zero-order chi connectivity index (χ0) is 16.6. The summed E-state index contributed by atoms with van der Waals surface area (Å²) < 4.78 is 3.08. The molecule has 0 spiro atoms. The van der Waals surface area contributed by atoms with E-state index in [4.69, 9.17) is 0 Å². The second kappa shape index (κ2) is 5.87. The van der Waals surface area contributed by atoms with Gasteiger partial charge in [-0.2, -0.15) is 5.10 Å². The highest BCUT2D eigenvalue weighted by atomic mass is 16.2. The van der Waals surface area contributed by atoms with Crippen LogP contribution in [-0.4, -0.2) is 26.3 Å². The van der Waals surface area contributed by atoms with Crippen molar-refractivity contribution in [3.8, 4) is 0 Å². The van der Waals surface area contributed by atoms with Crippen LogP contribution in [0.25, 0.3) is 21.8 Å².